The quantitative estimate of drug-likeness (QED) is 0.462. The molecule has 2 aromatic carbocycles. The first-order valence-electron chi connectivity index (χ1n) is 6.63. The van der Waals surface area contributed by atoms with Crippen molar-refractivity contribution in [2.75, 3.05) is 0 Å². The van der Waals surface area contributed by atoms with Crippen molar-refractivity contribution >= 4 is 39.6 Å². The molecule has 0 bridgehead atoms. The summed E-state index contributed by atoms with van der Waals surface area (Å²) in [6.07, 6.45) is 1.16. The van der Waals surface area contributed by atoms with Crippen molar-refractivity contribution in [2.24, 2.45) is 0 Å². The Hall–Kier alpha value is -3.00. The topological polar surface area (TPSA) is 110 Å². The molecule has 0 heterocycles. The smallest absolute Gasteiger partial charge is 0.352 e. The maximum Gasteiger partial charge on any atom is 0.352 e. The van der Waals surface area contributed by atoms with Crippen molar-refractivity contribution in [3.63, 3.8) is 0 Å². The molecule has 0 atom stereocenters. The second-order valence-corrected chi connectivity index (χ2v) is 5.59. The molecule has 0 radical (unpaired) electrons. The van der Waals surface area contributed by atoms with Crippen molar-refractivity contribution in [2.45, 2.75) is 0 Å². The summed E-state index contributed by atoms with van der Waals surface area (Å²) in [6, 6.07) is 11.8. The predicted octanol–water partition coefficient (Wildman–Crippen LogP) is 3.21. The van der Waals surface area contributed by atoms with Gasteiger partial charge in [0.15, 0.2) is 0 Å². The van der Waals surface area contributed by atoms with Crippen molar-refractivity contribution in [3.8, 4) is 0 Å². The minimum Gasteiger partial charge on any atom is -0.477 e. The van der Waals surface area contributed by atoms with E-state index < -0.39 is 16.8 Å². The van der Waals surface area contributed by atoms with Crippen LogP contribution in [0.5, 0.6) is 0 Å². The molecule has 8 heteroatoms. The number of nitrogens with one attached hydrogen (secondary N) is 1. The fourth-order valence-corrected chi connectivity index (χ4v) is 2.11. The van der Waals surface area contributed by atoms with E-state index in [1.807, 2.05) is 0 Å². The fourth-order valence-electron chi connectivity index (χ4n) is 1.84. The first kappa shape index (κ1) is 17.4. The highest BCUT2D eigenvalue weighted by Crippen LogP contribution is 2.16. The molecule has 0 saturated heterocycles. The van der Waals surface area contributed by atoms with Crippen molar-refractivity contribution in [1.82, 2.24) is 5.32 Å². The highest BCUT2D eigenvalue weighted by atomic mass is 79.9. The highest BCUT2D eigenvalue weighted by molar-refractivity contribution is 9.10. The number of halogens is 1. The summed E-state index contributed by atoms with van der Waals surface area (Å²) in [5.41, 5.74) is 0.0123. The molecule has 0 saturated carbocycles. The van der Waals surface area contributed by atoms with Crippen LogP contribution in [-0.2, 0) is 4.79 Å². The molecule has 0 unspecified atom stereocenters. The molecule has 0 aliphatic carbocycles. The molecule has 24 heavy (non-hydrogen) atoms. The molecule has 0 fully saturated rings. The van der Waals surface area contributed by atoms with E-state index in [2.05, 4.69) is 21.2 Å². The minimum atomic E-state index is -1.35. The number of nitro benzene ring substituents is 1. The number of nitrogens with zero attached hydrogens (tertiary/aromatic N) is 1. The number of carboxylic acids is 1. The number of hydrogen-bond donors (Lipinski definition) is 2. The lowest BCUT2D eigenvalue weighted by atomic mass is 10.1. The average Bonchev–Trinajstić information content (AvgIpc) is 2.55. The van der Waals surface area contributed by atoms with Crippen LogP contribution in [0.1, 0.15) is 15.9 Å². The van der Waals surface area contributed by atoms with Gasteiger partial charge in [0.1, 0.15) is 5.70 Å². The van der Waals surface area contributed by atoms with Crippen molar-refractivity contribution in [3.05, 3.63) is 79.9 Å². The molecule has 2 N–H and O–H groups in total. The van der Waals surface area contributed by atoms with Gasteiger partial charge in [-0.1, -0.05) is 28.1 Å². The van der Waals surface area contributed by atoms with Gasteiger partial charge in [0.05, 0.1) is 4.92 Å². The summed E-state index contributed by atoms with van der Waals surface area (Å²) in [4.78, 5) is 33.6. The van der Waals surface area contributed by atoms with Crippen LogP contribution in [0.2, 0.25) is 0 Å². The van der Waals surface area contributed by atoms with Gasteiger partial charge in [0, 0.05) is 22.2 Å². The summed E-state index contributed by atoms with van der Waals surface area (Å²) in [5.74, 6) is -1.95. The normalized spacial score (nSPS) is 11.0. The van der Waals surface area contributed by atoms with Crippen LogP contribution in [0.3, 0.4) is 0 Å². The van der Waals surface area contributed by atoms with Crippen LogP contribution in [0, 0.1) is 10.1 Å². The van der Waals surface area contributed by atoms with E-state index in [4.69, 9.17) is 0 Å². The Labute approximate surface area is 144 Å². The Kier molecular flexibility index (Phi) is 5.43. The van der Waals surface area contributed by atoms with Gasteiger partial charge in [-0.15, -0.1) is 0 Å². The third kappa shape index (κ3) is 4.50. The van der Waals surface area contributed by atoms with E-state index in [0.717, 1.165) is 10.5 Å². The van der Waals surface area contributed by atoms with Gasteiger partial charge in [-0.05, 0) is 35.9 Å². The van der Waals surface area contributed by atoms with E-state index in [-0.39, 0.29) is 22.5 Å². The highest BCUT2D eigenvalue weighted by Gasteiger charge is 2.14. The SMILES string of the molecule is O=C(O)C(=Cc1cccc([N+](=O)[O-])c1)NC(=O)c1ccc(Br)cc1. The molecule has 0 aromatic heterocycles. The van der Waals surface area contributed by atoms with Crippen LogP contribution in [-0.4, -0.2) is 21.9 Å². The molecule has 2 rings (SSSR count). The molecule has 0 aliphatic rings. The number of non-ortho nitro benzene ring substituents is 1. The summed E-state index contributed by atoms with van der Waals surface area (Å²) >= 11 is 3.24. The van der Waals surface area contributed by atoms with Gasteiger partial charge >= 0.3 is 5.97 Å². The molecule has 7 nitrogen and oxygen atoms in total. The molecule has 1 amide bonds. The van der Waals surface area contributed by atoms with E-state index in [0.29, 0.717) is 0 Å². The molecule has 122 valence electrons. The van der Waals surface area contributed by atoms with Crippen LogP contribution in [0.25, 0.3) is 6.08 Å². The van der Waals surface area contributed by atoms with Crippen molar-refractivity contribution < 1.29 is 19.6 Å². The maximum absolute atomic E-state index is 12.1. The van der Waals surface area contributed by atoms with E-state index in [9.17, 15) is 24.8 Å². The first-order valence-corrected chi connectivity index (χ1v) is 7.42. The Morgan fingerprint density at radius 3 is 2.42 bits per heavy atom. The molecule has 0 aliphatic heterocycles. The Morgan fingerprint density at radius 1 is 1.17 bits per heavy atom. The largest absolute Gasteiger partial charge is 0.477 e. The molecular formula is C16H11BrN2O5. The zero-order valence-corrected chi connectivity index (χ0v) is 13.7. The number of amides is 1. The lowest BCUT2D eigenvalue weighted by Gasteiger charge is -2.06. The molecular weight excluding hydrogens is 380 g/mol. The second kappa shape index (κ2) is 7.51. The summed E-state index contributed by atoms with van der Waals surface area (Å²) < 4.78 is 0.782. The van der Waals surface area contributed by atoms with Gasteiger partial charge in [-0.3, -0.25) is 14.9 Å². The number of carbonyl (C=O) groups excluding carboxylic acids is 1. The van der Waals surface area contributed by atoms with Gasteiger partial charge in [0.2, 0.25) is 0 Å². The number of aliphatic carboxylic acids is 1. The van der Waals surface area contributed by atoms with Crippen LogP contribution < -0.4 is 5.32 Å². The average molecular weight is 391 g/mol. The van der Waals surface area contributed by atoms with Crippen LogP contribution >= 0.6 is 15.9 Å². The van der Waals surface area contributed by atoms with Gasteiger partial charge < -0.3 is 10.4 Å². The van der Waals surface area contributed by atoms with Gasteiger partial charge in [-0.2, -0.15) is 0 Å². The standard InChI is InChI=1S/C16H11BrN2O5/c17-12-6-4-11(5-7-12)15(20)18-14(16(21)22)9-10-2-1-3-13(8-10)19(23)24/h1-9H,(H,18,20)(H,21,22). The van der Waals surface area contributed by atoms with Crippen LogP contribution in [0.4, 0.5) is 5.69 Å². The van der Waals surface area contributed by atoms with Crippen molar-refractivity contribution in [1.29, 1.82) is 0 Å². The number of benzene rings is 2. The van der Waals surface area contributed by atoms with E-state index in [1.54, 1.807) is 12.1 Å². The lowest BCUT2D eigenvalue weighted by Crippen LogP contribution is -2.27. The summed E-state index contributed by atoms with van der Waals surface area (Å²) in [5, 5.41) is 22.3. The van der Waals surface area contributed by atoms with Crippen LogP contribution in [0.15, 0.2) is 58.7 Å². The maximum atomic E-state index is 12.1. The predicted molar refractivity (Wildman–Crippen MR) is 90.3 cm³/mol. The molecule has 2 aromatic rings. The molecule has 0 spiro atoms. The zero-order valence-electron chi connectivity index (χ0n) is 12.1. The third-order valence-corrected chi connectivity index (χ3v) is 3.51. The van der Waals surface area contributed by atoms with E-state index >= 15 is 0 Å². The number of carbonyl (C=O) groups is 2. The van der Waals surface area contributed by atoms with Gasteiger partial charge in [-0.25, -0.2) is 4.79 Å². The first-order chi connectivity index (χ1) is 11.4. The lowest BCUT2D eigenvalue weighted by molar-refractivity contribution is -0.384. The summed E-state index contributed by atoms with van der Waals surface area (Å²) in [7, 11) is 0. The summed E-state index contributed by atoms with van der Waals surface area (Å²) in [6.45, 7) is 0. The monoisotopic (exact) mass is 390 g/mol. The Balaban J connectivity index is 2.27. The van der Waals surface area contributed by atoms with Gasteiger partial charge in [0.25, 0.3) is 11.6 Å². The fraction of sp³-hybridized carbons (Fsp3) is 0. The minimum absolute atomic E-state index is 0.173. The number of carboxylic acid groups (broad SMARTS) is 1. The number of hydrogen-bond acceptors (Lipinski definition) is 4. The number of nitro groups is 1. The number of rotatable bonds is 5. The Morgan fingerprint density at radius 2 is 1.83 bits per heavy atom. The Bertz CT molecular complexity index is 831. The second-order valence-electron chi connectivity index (χ2n) is 4.68. The third-order valence-electron chi connectivity index (χ3n) is 2.98. The van der Waals surface area contributed by atoms with E-state index in [1.165, 1.54) is 36.4 Å². The zero-order chi connectivity index (χ0) is 17.7.